The van der Waals surface area contributed by atoms with Gasteiger partial charge < -0.3 is 64.1 Å². The van der Waals surface area contributed by atoms with Crippen LogP contribution in [-0.4, -0.2) is 42.6 Å². The van der Waals surface area contributed by atoms with Crippen LogP contribution in [0.25, 0.3) is 6.08 Å². The number of allylic oxidation sites excluding steroid dienone is 1. The molecule has 0 aliphatic rings. The quantitative estimate of drug-likeness (QED) is 0.00409. The monoisotopic (exact) mass is 2530 g/mol. The maximum Gasteiger partial charge on any atom is 1.00 e. The Balaban J connectivity index is -0.00000164. The number of nitro groups is 2. The number of alkyl halides is 15. The molecule has 0 aromatic heterocycles. The van der Waals surface area contributed by atoms with Crippen LogP contribution < -0.4 is 130 Å². The molecule has 0 atom stereocenters. The molecule has 11 aromatic rings. The van der Waals surface area contributed by atoms with Crippen molar-refractivity contribution >= 4 is 177 Å². The molecule has 0 spiro atoms. The van der Waals surface area contributed by atoms with Crippen LogP contribution in [-0.2, 0) is 88.4 Å². The number of nitrogens with zero attached hydrogens (tertiary/aromatic N) is 4. The smallest absolute Gasteiger partial charge is 0.662 e. The van der Waals surface area contributed by atoms with Crippen molar-refractivity contribution in [3.8, 4) is 0 Å². The Hall–Kier alpha value is -9.56. The molecule has 11 aromatic carbocycles. The van der Waals surface area contributed by atoms with E-state index in [-0.39, 0.29) is 137 Å². The molecule has 0 saturated heterocycles. The molecule has 0 saturated carbocycles. The first kappa shape index (κ1) is 145. The first-order valence-corrected chi connectivity index (χ1v) is 48.1. The molecule has 0 aliphatic heterocycles. The van der Waals surface area contributed by atoms with Crippen LogP contribution in [0.2, 0.25) is 0 Å². The van der Waals surface area contributed by atoms with Crippen molar-refractivity contribution < 1.29 is 205 Å². The van der Waals surface area contributed by atoms with Gasteiger partial charge in [0.05, 0.1) is 37.7 Å². The third-order valence-electron chi connectivity index (χ3n) is 18.7. The second-order valence-corrected chi connectivity index (χ2v) is 42.9. The summed E-state index contributed by atoms with van der Waals surface area (Å²) >= 11 is 9.62. The number of carbonyl (C=O) groups is 1. The Morgan fingerprint density at radius 2 is 0.660 bits per heavy atom. The summed E-state index contributed by atoms with van der Waals surface area (Å²) in [4.78, 5) is 42.5. The molecule has 0 bridgehead atoms. The van der Waals surface area contributed by atoms with Crippen molar-refractivity contribution in [1.29, 1.82) is 0 Å². The first-order chi connectivity index (χ1) is 67.6. The Labute approximate surface area is 970 Å². The molecule has 150 heavy (non-hydrogen) atoms. The minimum Gasteiger partial charge on any atom is -0.662 e. The van der Waals surface area contributed by atoms with Gasteiger partial charge in [-0.05, 0) is 295 Å². The average molecular weight is 2530 g/mol. The van der Waals surface area contributed by atoms with Crippen molar-refractivity contribution in [1.82, 2.24) is 0 Å². The number of halogens is 19. The Kier molecular flexibility index (Phi) is 62.8. The second-order valence-electron chi connectivity index (χ2n) is 37.0. The third kappa shape index (κ3) is 57.9. The molecular weight excluding hydrogens is 2410 g/mol. The van der Waals surface area contributed by atoms with E-state index in [1.165, 1.54) is 71.6 Å². The van der Waals surface area contributed by atoms with Crippen molar-refractivity contribution in [3.05, 3.63) is 355 Å². The summed E-state index contributed by atoms with van der Waals surface area (Å²) in [7, 11) is -4.67. The van der Waals surface area contributed by atoms with E-state index in [1.54, 1.807) is 60.7 Å². The van der Waals surface area contributed by atoms with Gasteiger partial charge in [0.1, 0.15) is 5.34 Å². The molecule has 0 amide bonds. The molecule has 810 valence electrons. The minimum absolute atomic E-state index is 0. The number of para-hydroxylation sites is 1. The van der Waals surface area contributed by atoms with Crippen LogP contribution in [0.15, 0.2) is 266 Å². The topological polar surface area (TPSA) is 431 Å². The zero-order valence-corrected chi connectivity index (χ0v) is 98.9. The fourth-order valence-electron chi connectivity index (χ4n) is 12.3. The van der Waals surface area contributed by atoms with Crippen LogP contribution in [0.5, 0.6) is 0 Å². The molecule has 48 heteroatoms. The van der Waals surface area contributed by atoms with Gasteiger partial charge in [0.25, 0.3) is 17.8 Å². The zero-order valence-electron chi connectivity index (χ0n) is 85.5. The van der Waals surface area contributed by atoms with E-state index in [0.717, 1.165) is 115 Å². The van der Waals surface area contributed by atoms with Crippen LogP contribution in [0, 0.1) is 32.3 Å². The van der Waals surface area contributed by atoms with Crippen LogP contribution >= 0.6 is 77.0 Å². The Bertz CT molecular complexity index is 6140. The summed E-state index contributed by atoms with van der Waals surface area (Å²) in [6.07, 6.45) is -18.3. The zero-order chi connectivity index (χ0) is 115. The largest absolute Gasteiger partial charge is 1.00 e. The number of hydrogen-bond acceptors (Lipinski definition) is 22. The molecule has 0 fully saturated rings. The summed E-state index contributed by atoms with van der Waals surface area (Å²) in [6, 6.07) is 59.7. The maximum absolute atomic E-state index is 12.9. The van der Waals surface area contributed by atoms with Gasteiger partial charge in [-0.3, -0.25) is 34.1 Å². The third-order valence-corrected chi connectivity index (χ3v) is 20.4. The summed E-state index contributed by atoms with van der Waals surface area (Å²) < 4.78 is 223. The van der Waals surface area contributed by atoms with Gasteiger partial charge in [-0.2, -0.15) is 74.3 Å². The summed E-state index contributed by atoms with van der Waals surface area (Å²) in [6.45, 7) is 45.7. The number of carbonyl (C=O) groups excluding carboxylic acids is 1. The van der Waals surface area contributed by atoms with E-state index in [4.69, 9.17) is 60.1 Å². The fraction of sp³-hybridized carbons (Fsp3) is 0.294. The van der Waals surface area contributed by atoms with Gasteiger partial charge in [0.15, 0.2) is 3.53 Å². The van der Waals surface area contributed by atoms with Gasteiger partial charge in [-0.1, -0.05) is 221 Å². The van der Waals surface area contributed by atoms with E-state index < -0.39 is 78.9 Å². The van der Waals surface area contributed by atoms with Crippen molar-refractivity contribution in [2.45, 2.75) is 195 Å². The Morgan fingerprint density at radius 3 is 0.920 bits per heavy atom. The minimum atomic E-state index is -4.67. The summed E-state index contributed by atoms with van der Waals surface area (Å²) in [5.74, 6) is 0. The summed E-state index contributed by atoms with van der Waals surface area (Å²) in [5.41, 5.74) is 26.3. The maximum atomic E-state index is 12.9. The van der Waals surface area contributed by atoms with Crippen molar-refractivity contribution in [3.63, 3.8) is 0 Å². The SMILES string of the molecule is C=CC.C=Cc1ccc(C(C)(C)C)c(Nc2cccc(C(F)(F)F)c2)c1.CC(C)(C)c1ccc(I)cc1Nc1cccc(C(F)(F)F)c1.CC(C)(C)c1ccc(N)cc1Nc1cccc(C(F)(F)F)c1.CC(C)(C)c1ccc([N+](=O)[O-])cc1N.CC(C)(C)c1ccc([N+](=O)[O-])cc1Nc1cccc(C(F)(F)F)c1.CC(C)(C)c1ccccc1N.FC(F)(F)c1cccc(I)c1.O=CO[O-].O=NO[O-].O=S(=O)(O)O.ON=C(Br)Br.[K+].[Na+]. The van der Waals surface area contributed by atoms with Crippen LogP contribution in [0.3, 0.4) is 0 Å². The molecule has 26 nitrogen and oxygen atoms in total. The number of nitrogens with one attached hydrogen (secondary N) is 4. The van der Waals surface area contributed by atoms with Gasteiger partial charge in [-0.15, -0.1) is 11.5 Å². The molecular formula is C102H116Br2F15I2KN11NaO15S. The van der Waals surface area contributed by atoms with E-state index in [0.29, 0.717) is 46.9 Å². The number of nitrogens with two attached hydrogens (primary N) is 3. The molecule has 0 heterocycles. The summed E-state index contributed by atoms with van der Waals surface area (Å²) in [5, 5.41) is 62.1. The Morgan fingerprint density at radius 1 is 0.407 bits per heavy atom. The van der Waals surface area contributed by atoms with E-state index in [9.17, 15) is 86.1 Å². The van der Waals surface area contributed by atoms with Crippen molar-refractivity contribution in [2.75, 3.05) is 38.5 Å². The van der Waals surface area contributed by atoms with E-state index in [2.05, 4.69) is 172 Å². The van der Waals surface area contributed by atoms with Crippen molar-refractivity contribution in [2.24, 2.45) is 10.5 Å². The molecule has 0 radical (unpaired) electrons. The van der Waals surface area contributed by atoms with E-state index in [1.807, 2.05) is 152 Å². The number of hydrogen-bond donors (Lipinski definition) is 10. The van der Waals surface area contributed by atoms with Crippen LogP contribution in [0.1, 0.15) is 198 Å². The number of benzene rings is 11. The van der Waals surface area contributed by atoms with Gasteiger partial charge in [0, 0.05) is 94.0 Å². The number of oxime groups is 1. The van der Waals surface area contributed by atoms with Gasteiger partial charge in [-0.25, -0.2) is 0 Å². The standard InChI is InChI=1S/C19H20F3N.C17H17F3IN.C17H17F3N2O2.C17H19F3N2.C10H14N2O2.C10H15N.C7H4F3I.C3H6.CHBr2NO.CH2O3.K.HNO3.Na.H2O4S/c1-5-13-9-10-16(18(2,3)4)17(11-13)23-15-8-6-7-14(12-15)19(20,21)22;1-16(2,3)14-8-7-12(21)10-15(14)22-13-6-4-5-11(9-13)17(18,19)20;1-16(2,3)14-8-7-13(22(23)24)10-15(14)21-12-6-4-5-11(9-12)17(18,19)20;1-16(2,3)14-8-7-12(21)10-15(14)22-13-6-4-5-11(9-13)17(18,19)20;1-10(2,3)8-5-4-7(12(13)14)6-9(8)11;1-10(2,3)8-6-4-5-7-9(8)11;8-7(9,10)5-2-1-3-6(11)4-5;1-3-2;2-1(3)4-5;2-1-4-3;;2-1-4-3;;1-5(2,3)4/h5-12,23H,1H2,2-4H3;4-10,22H,1-3H3;4-10,21H,1-3H3;4-10,22H,21H2,1-3H3;4-6H,11H2,1-3H3;4-7H,11H2,1-3H3;1-4H;3H,1H2,2H3;5H;1,3H;;3H;;(H2,1,2,3,4)/q;;;;;;;;;;+1;;+1;/p-2. The fourth-order valence-corrected chi connectivity index (χ4v) is 13.4. The first-order valence-electron chi connectivity index (χ1n) is 43.0. The number of non-ortho nitro benzene ring substituents is 2. The molecule has 11 rings (SSSR count). The predicted molar refractivity (Wildman–Crippen MR) is 574 cm³/mol. The van der Waals surface area contributed by atoms with Gasteiger partial charge in [0.2, 0.25) is 0 Å². The number of nitrogen functional groups attached to an aromatic ring is 3. The normalized spacial score (nSPS) is 11.1. The number of nitro benzene ring substituents is 2. The van der Waals surface area contributed by atoms with Crippen LogP contribution in [0.4, 0.5) is 140 Å². The van der Waals surface area contributed by atoms with E-state index >= 15 is 0 Å². The predicted octanol–water partition coefficient (Wildman–Crippen LogP) is 25.5. The number of anilines is 11. The molecule has 13 N–H and O–H groups in total. The van der Waals surface area contributed by atoms with Gasteiger partial charge >= 0.3 is 122 Å². The number of rotatable bonds is 13. The molecule has 0 unspecified atom stereocenters. The average Bonchev–Trinajstić information content (AvgIpc) is 0.806. The second kappa shape index (κ2) is 65.2. The molecule has 0 aliphatic carbocycles.